The van der Waals surface area contributed by atoms with Crippen LogP contribution in [-0.2, 0) is 11.8 Å². The van der Waals surface area contributed by atoms with Crippen molar-refractivity contribution in [3.05, 3.63) is 29.0 Å². The van der Waals surface area contributed by atoms with Crippen molar-refractivity contribution >= 4 is 41.5 Å². The topological polar surface area (TPSA) is 64.2 Å². The van der Waals surface area contributed by atoms with Crippen molar-refractivity contribution in [1.29, 1.82) is 0 Å². The van der Waals surface area contributed by atoms with Crippen LogP contribution in [0.15, 0.2) is 18.2 Å². The van der Waals surface area contributed by atoms with Gasteiger partial charge in [-0.1, -0.05) is 30.3 Å². The molecule has 0 bridgehead atoms. The Morgan fingerprint density at radius 1 is 1.65 bits per heavy atom. The molecule has 0 saturated heterocycles. The lowest BCUT2D eigenvalue weighted by molar-refractivity contribution is -0.163. The Morgan fingerprint density at radius 3 is 2.82 bits per heavy atom. The van der Waals surface area contributed by atoms with E-state index in [1.54, 1.807) is 6.92 Å². The maximum absolute atomic E-state index is 12.8. The molecule has 94 valence electrons. The van der Waals surface area contributed by atoms with Gasteiger partial charge in [0.25, 0.3) is 0 Å². The number of carbonyl (C=O) groups is 1. The Balaban J connectivity index is 2.69. The first-order chi connectivity index (χ1) is 7.84. The highest BCUT2D eigenvalue weighted by Gasteiger charge is 2.07. The summed E-state index contributed by atoms with van der Waals surface area (Å²) in [6, 6.07) is 3.00. The number of benzene rings is 1. The van der Waals surface area contributed by atoms with Gasteiger partial charge in [0.05, 0.1) is 5.02 Å². The fourth-order valence-electron chi connectivity index (χ4n) is 0.967. The lowest BCUT2D eigenvalue weighted by Crippen LogP contribution is -2.31. The van der Waals surface area contributed by atoms with Gasteiger partial charge in [-0.25, -0.2) is 9.18 Å². The van der Waals surface area contributed by atoms with Crippen molar-refractivity contribution in [1.82, 2.24) is 5.09 Å². The number of nitrogens with one attached hydrogen (secondary N) is 2. The standard InChI is InChI=1S/C9H11ClFN2O2PS/c1-2-16(15,17)13-9(14)12-6-3-4-8(11)7(10)5-6/h3-5H,2H2,1H3,(H3,12,13,14,15,17)/p-1. The predicted octanol–water partition coefficient (Wildman–Crippen LogP) is 2.29. The summed E-state index contributed by atoms with van der Waals surface area (Å²) in [5, 5.41) is 4.42. The fourth-order valence-corrected chi connectivity index (χ4v) is 1.92. The summed E-state index contributed by atoms with van der Waals surface area (Å²) < 4.78 is 12.8. The maximum Gasteiger partial charge on any atom is 0.322 e. The van der Waals surface area contributed by atoms with Crippen LogP contribution < -0.4 is 15.3 Å². The van der Waals surface area contributed by atoms with Crippen molar-refractivity contribution in [2.45, 2.75) is 6.92 Å². The van der Waals surface area contributed by atoms with E-state index < -0.39 is 18.3 Å². The van der Waals surface area contributed by atoms with E-state index in [0.29, 0.717) is 5.69 Å². The smallest absolute Gasteiger partial charge is 0.322 e. The van der Waals surface area contributed by atoms with Gasteiger partial charge in [0, 0.05) is 5.69 Å². The molecule has 0 aliphatic heterocycles. The molecule has 0 aliphatic rings. The molecule has 1 rings (SSSR count). The van der Waals surface area contributed by atoms with E-state index in [2.05, 4.69) is 22.2 Å². The van der Waals surface area contributed by atoms with E-state index in [0.717, 1.165) is 6.07 Å². The predicted molar refractivity (Wildman–Crippen MR) is 68.4 cm³/mol. The first-order valence-electron chi connectivity index (χ1n) is 4.68. The van der Waals surface area contributed by atoms with Crippen molar-refractivity contribution < 1.29 is 14.1 Å². The van der Waals surface area contributed by atoms with Crippen molar-refractivity contribution in [3.63, 3.8) is 0 Å². The molecule has 0 fully saturated rings. The Kier molecular flexibility index (Phi) is 4.89. The second-order valence-electron chi connectivity index (χ2n) is 3.18. The van der Waals surface area contributed by atoms with Crippen molar-refractivity contribution in [2.75, 3.05) is 11.5 Å². The number of hydrogen-bond acceptors (Lipinski definition) is 3. The zero-order valence-electron chi connectivity index (χ0n) is 8.87. The maximum atomic E-state index is 12.8. The van der Waals surface area contributed by atoms with E-state index in [-0.39, 0.29) is 11.2 Å². The van der Waals surface area contributed by atoms with Gasteiger partial charge in [0.1, 0.15) is 5.82 Å². The van der Waals surface area contributed by atoms with E-state index in [1.165, 1.54) is 12.1 Å². The van der Waals surface area contributed by atoms with E-state index in [1.807, 2.05) is 0 Å². The number of anilines is 1. The number of halogens is 2. The largest absolute Gasteiger partial charge is 0.806 e. The van der Waals surface area contributed by atoms with Gasteiger partial charge in [-0.3, -0.25) is 0 Å². The molecule has 1 unspecified atom stereocenters. The molecule has 17 heavy (non-hydrogen) atoms. The molecule has 0 aromatic heterocycles. The van der Waals surface area contributed by atoms with Crippen LogP contribution >= 0.6 is 18.0 Å². The highest BCUT2D eigenvalue weighted by Crippen LogP contribution is 2.29. The van der Waals surface area contributed by atoms with Crippen molar-refractivity contribution in [2.24, 2.45) is 0 Å². The summed E-state index contributed by atoms with van der Waals surface area (Å²) in [6.07, 6.45) is -2.89. The molecule has 8 heteroatoms. The molecule has 1 atom stereocenters. The molecular weight excluding hydrogens is 286 g/mol. The van der Waals surface area contributed by atoms with E-state index in [9.17, 15) is 14.1 Å². The van der Waals surface area contributed by atoms with Crippen LogP contribution in [0.25, 0.3) is 0 Å². The summed E-state index contributed by atoms with van der Waals surface area (Å²) in [5.41, 5.74) is 0.292. The Morgan fingerprint density at radius 2 is 2.29 bits per heavy atom. The molecule has 1 aromatic rings. The average molecular weight is 296 g/mol. The van der Waals surface area contributed by atoms with Gasteiger partial charge >= 0.3 is 6.03 Å². The zero-order valence-corrected chi connectivity index (χ0v) is 11.3. The van der Waals surface area contributed by atoms with Crippen LogP contribution in [-0.4, -0.2) is 12.2 Å². The number of hydrogen-bond donors (Lipinski definition) is 2. The molecule has 1 aromatic carbocycles. The molecule has 2 N–H and O–H groups in total. The molecular formula is C9H10ClFN2O2PS-. The van der Waals surface area contributed by atoms with E-state index >= 15 is 0 Å². The van der Waals surface area contributed by atoms with Gasteiger partial charge in [0.15, 0.2) is 0 Å². The van der Waals surface area contributed by atoms with Gasteiger partial charge in [0.2, 0.25) is 0 Å². The van der Waals surface area contributed by atoms with Crippen LogP contribution in [0.5, 0.6) is 0 Å². The third-order valence-corrected chi connectivity index (χ3v) is 4.58. The minimum Gasteiger partial charge on any atom is -0.806 e. The minimum absolute atomic E-state index is 0.111. The van der Waals surface area contributed by atoms with Gasteiger partial charge in [-0.15, -0.1) is 0 Å². The quantitative estimate of drug-likeness (QED) is 0.841. The number of urea groups is 1. The second kappa shape index (κ2) is 5.78. The van der Waals surface area contributed by atoms with Gasteiger partial charge in [-0.2, -0.15) is 0 Å². The van der Waals surface area contributed by atoms with Crippen LogP contribution in [0, 0.1) is 5.82 Å². The number of amides is 2. The van der Waals surface area contributed by atoms with Crippen LogP contribution in [0.1, 0.15) is 6.92 Å². The zero-order chi connectivity index (χ0) is 13.1. The fraction of sp³-hybridized carbons (Fsp3) is 0.222. The third kappa shape index (κ3) is 4.60. The minimum atomic E-state index is -3.07. The first kappa shape index (κ1) is 14.4. The lowest BCUT2D eigenvalue weighted by atomic mass is 10.3. The van der Waals surface area contributed by atoms with E-state index in [4.69, 9.17) is 11.6 Å². The average Bonchev–Trinajstić information content (AvgIpc) is 2.23. The number of carbonyl (C=O) groups excluding carboxylic acids is 1. The summed E-state index contributed by atoms with van der Waals surface area (Å²) >= 11 is 10.2. The summed E-state index contributed by atoms with van der Waals surface area (Å²) in [4.78, 5) is 22.8. The molecule has 0 aliphatic carbocycles. The van der Waals surface area contributed by atoms with Crippen LogP contribution in [0.4, 0.5) is 14.9 Å². The third-order valence-electron chi connectivity index (χ3n) is 1.87. The highest BCUT2D eigenvalue weighted by molar-refractivity contribution is 8.10. The molecule has 0 spiro atoms. The normalized spacial score (nSPS) is 13.9. The Labute approximate surface area is 108 Å². The molecule has 0 heterocycles. The SMILES string of the molecule is CCP([O-])(=S)NC(=O)Nc1ccc(F)c(Cl)c1. The van der Waals surface area contributed by atoms with Crippen LogP contribution in [0.2, 0.25) is 5.02 Å². The van der Waals surface area contributed by atoms with Crippen molar-refractivity contribution in [3.8, 4) is 0 Å². The van der Waals surface area contributed by atoms with Gasteiger partial charge < -0.3 is 15.3 Å². The molecule has 4 nitrogen and oxygen atoms in total. The van der Waals surface area contributed by atoms with Crippen LogP contribution in [0.3, 0.4) is 0 Å². The number of rotatable bonds is 3. The lowest BCUT2D eigenvalue weighted by Gasteiger charge is -2.27. The summed E-state index contributed by atoms with van der Waals surface area (Å²) in [6.45, 7) is 1.61. The molecule has 2 amide bonds. The molecule has 0 saturated carbocycles. The Bertz CT molecular complexity index is 486. The second-order valence-corrected chi connectivity index (χ2v) is 7.56. The first-order valence-corrected chi connectivity index (χ1v) is 7.97. The summed E-state index contributed by atoms with van der Waals surface area (Å²) in [7, 11) is 0. The highest BCUT2D eigenvalue weighted by atomic mass is 35.5. The van der Waals surface area contributed by atoms with Gasteiger partial charge in [-0.05, 0) is 30.8 Å². The summed E-state index contributed by atoms with van der Waals surface area (Å²) in [5.74, 6) is -0.583. The monoisotopic (exact) mass is 295 g/mol. The molecule has 0 radical (unpaired) electrons. The Hall–Kier alpha value is -0.680.